The Morgan fingerprint density at radius 3 is 2.76 bits per heavy atom. The van der Waals surface area contributed by atoms with Crippen molar-refractivity contribution >= 4 is 23.6 Å². The Labute approximate surface area is 130 Å². The van der Waals surface area contributed by atoms with E-state index in [1.54, 1.807) is 37.5 Å². The van der Waals surface area contributed by atoms with Crippen molar-refractivity contribution in [2.24, 2.45) is 0 Å². The van der Waals surface area contributed by atoms with Crippen LogP contribution in [0.5, 0.6) is 5.75 Å². The second kappa shape index (κ2) is 7.48. The molecule has 0 bridgehead atoms. The number of rotatable bonds is 4. The molecule has 0 unspecified atom stereocenters. The molecule has 0 radical (unpaired) electrons. The molecule has 1 aromatic carbocycles. The van der Waals surface area contributed by atoms with Crippen LogP contribution < -0.4 is 10.1 Å². The van der Waals surface area contributed by atoms with Gasteiger partial charge in [-0.05, 0) is 44.2 Å². The minimum atomic E-state index is 0.0339. The summed E-state index contributed by atoms with van der Waals surface area (Å²) in [5.41, 5.74) is 0.809. The molecule has 1 N–H and O–H groups in total. The number of halogens is 1. The number of carbonyl (C=O) groups excluding carboxylic acids is 1. The Kier molecular flexibility index (Phi) is 5.65. The Morgan fingerprint density at radius 1 is 1.43 bits per heavy atom. The first-order valence-corrected chi connectivity index (χ1v) is 7.49. The van der Waals surface area contributed by atoms with E-state index in [1.165, 1.54) is 0 Å². The van der Waals surface area contributed by atoms with Crippen LogP contribution in [0.4, 0.5) is 0 Å². The molecular formula is C16H21ClN2O2. The third-order valence-electron chi connectivity index (χ3n) is 3.81. The van der Waals surface area contributed by atoms with Crippen LogP contribution in [0.1, 0.15) is 18.4 Å². The third-order valence-corrected chi connectivity index (χ3v) is 4.05. The number of nitrogens with one attached hydrogen (secondary N) is 1. The first-order valence-electron chi connectivity index (χ1n) is 7.12. The molecular weight excluding hydrogens is 288 g/mol. The summed E-state index contributed by atoms with van der Waals surface area (Å²) in [7, 11) is 3.57. The van der Waals surface area contributed by atoms with E-state index >= 15 is 0 Å². The first kappa shape index (κ1) is 15.9. The molecule has 1 aromatic rings. The van der Waals surface area contributed by atoms with Crippen molar-refractivity contribution in [2.45, 2.75) is 18.9 Å². The van der Waals surface area contributed by atoms with Gasteiger partial charge in [0.25, 0.3) is 0 Å². The van der Waals surface area contributed by atoms with Crippen molar-refractivity contribution < 1.29 is 9.53 Å². The smallest absolute Gasteiger partial charge is 0.246 e. The summed E-state index contributed by atoms with van der Waals surface area (Å²) in [4.78, 5) is 14.1. The minimum Gasteiger partial charge on any atom is -0.496 e. The molecule has 1 heterocycles. The van der Waals surface area contributed by atoms with Crippen molar-refractivity contribution in [3.63, 3.8) is 0 Å². The number of amides is 1. The number of methoxy groups -OCH3 is 1. The number of piperidine rings is 1. The second-order valence-electron chi connectivity index (χ2n) is 5.11. The maximum Gasteiger partial charge on any atom is 0.246 e. The lowest BCUT2D eigenvalue weighted by atomic mass is 10.1. The number of benzene rings is 1. The molecule has 1 aliphatic rings. The average Bonchev–Trinajstić information content (AvgIpc) is 2.52. The third kappa shape index (κ3) is 4.22. The number of ether oxygens (including phenoxy) is 1. The molecule has 4 nitrogen and oxygen atoms in total. The van der Waals surface area contributed by atoms with Crippen molar-refractivity contribution in [3.05, 3.63) is 34.9 Å². The number of hydrogen-bond donors (Lipinski definition) is 1. The molecule has 1 fully saturated rings. The van der Waals surface area contributed by atoms with Crippen molar-refractivity contribution in [1.82, 2.24) is 10.2 Å². The highest BCUT2D eigenvalue weighted by Crippen LogP contribution is 2.24. The summed E-state index contributed by atoms with van der Waals surface area (Å²) in [5, 5.41) is 3.88. The number of hydrogen-bond acceptors (Lipinski definition) is 3. The summed E-state index contributed by atoms with van der Waals surface area (Å²) in [6.07, 6.45) is 5.35. The van der Waals surface area contributed by atoms with Gasteiger partial charge in [0.2, 0.25) is 5.91 Å². The van der Waals surface area contributed by atoms with E-state index in [9.17, 15) is 4.79 Å². The Bertz CT molecular complexity index is 523. The Balaban J connectivity index is 2.01. The summed E-state index contributed by atoms with van der Waals surface area (Å²) in [5.74, 6) is 0.740. The van der Waals surface area contributed by atoms with Gasteiger partial charge in [-0.25, -0.2) is 0 Å². The van der Waals surface area contributed by atoms with Gasteiger partial charge in [0.15, 0.2) is 0 Å². The summed E-state index contributed by atoms with van der Waals surface area (Å²) in [6.45, 7) is 1.59. The largest absolute Gasteiger partial charge is 0.496 e. The lowest BCUT2D eigenvalue weighted by molar-refractivity contribution is -0.127. The van der Waals surface area contributed by atoms with Crippen molar-refractivity contribution in [3.8, 4) is 5.75 Å². The van der Waals surface area contributed by atoms with Crippen molar-refractivity contribution in [1.29, 1.82) is 0 Å². The first-order chi connectivity index (χ1) is 10.1. The van der Waals surface area contributed by atoms with Gasteiger partial charge in [0.05, 0.1) is 7.11 Å². The standard InChI is InChI=1S/C16H21ClN2O2/c1-18-14-7-9-19(10-8-14)16(20)6-3-12-11-13(17)4-5-15(12)21-2/h3-6,11,14,18H,7-10H2,1-2H3/b6-3+. The van der Waals surface area contributed by atoms with Gasteiger partial charge in [0, 0.05) is 35.8 Å². The van der Waals surface area contributed by atoms with Gasteiger partial charge < -0.3 is 15.0 Å². The van der Waals surface area contributed by atoms with Gasteiger partial charge in [-0.15, -0.1) is 0 Å². The second-order valence-corrected chi connectivity index (χ2v) is 5.54. The Morgan fingerprint density at radius 2 is 2.14 bits per heavy atom. The van der Waals surface area contributed by atoms with E-state index in [2.05, 4.69) is 5.32 Å². The van der Waals surface area contributed by atoms with Crippen LogP contribution in [0.2, 0.25) is 5.02 Å². The fourth-order valence-corrected chi connectivity index (χ4v) is 2.67. The van der Waals surface area contributed by atoms with Crippen LogP contribution in [-0.4, -0.2) is 44.1 Å². The van der Waals surface area contributed by atoms with E-state index in [0.717, 1.165) is 31.5 Å². The number of nitrogens with zero attached hydrogens (tertiary/aromatic N) is 1. The zero-order valence-electron chi connectivity index (χ0n) is 12.4. The van der Waals surface area contributed by atoms with E-state index in [-0.39, 0.29) is 5.91 Å². The van der Waals surface area contributed by atoms with Crippen LogP contribution in [0.15, 0.2) is 24.3 Å². The molecule has 0 aromatic heterocycles. The van der Waals surface area contributed by atoms with Crippen LogP contribution in [-0.2, 0) is 4.79 Å². The highest BCUT2D eigenvalue weighted by Gasteiger charge is 2.20. The summed E-state index contributed by atoms with van der Waals surface area (Å²) < 4.78 is 5.26. The van der Waals surface area contributed by atoms with E-state index in [1.807, 2.05) is 11.9 Å². The normalized spacial score (nSPS) is 16.4. The van der Waals surface area contributed by atoms with E-state index < -0.39 is 0 Å². The molecule has 1 amide bonds. The van der Waals surface area contributed by atoms with E-state index in [0.29, 0.717) is 16.8 Å². The van der Waals surface area contributed by atoms with Gasteiger partial charge >= 0.3 is 0 Å². The SMILES string of the molecule is CNC1CCN(C(=O)/C=C/c2cc(Cl)ccc2OC)CC1. The molecule has 1 saturated heterocycles. The lowest BCUT2D eigenvalue weighted by Crippen LogP contribution is -2.43. The molecule has 0 atom stereocenters. The van der Waals surface area contributed by atoms with Crippen LogP contribution in [0.3, 0.4) is 0 Å². The van der Waals surface area contributed by atoms with Gasteiger partial charge in [0.1, 0.15) is 5.75 Å². The van der Waals surface area contributed by atoms with E-state index in [4.69, 9.17) is 16.3 Å². The minimum absolute atomic E-state index is 0.0339. The zero-order chi connectivity index (χ0) is 15.2. The fourth-order valence-electron chi connectivity index (χ4n) is 2.49. The molecule has 2 rings (SSSR count). The molecule has 5 heteroatoms. The maximum atomic E-state index is 12.2. The summed E-state index contributed by atoms with van der Waals surface area (Å²) in [6, 6.07) is 5.87. The molecule has 0 spiro atoms. The fraction of sp³-hybridized carbons (Fsp3) is 0.438. The maximum absolute atomic E-state index is 12.2. The zero-order valence-corrected chi connectivity index (χ0v) is 13.2. The van der Waals surface area contributed by atoms with Crippen LogP contribution >= 0.6 is 11.6 Å². The molecule has 0 aliphatic carbocycles. The monoisotopic (exact) mass is 308 g/mol. The van der Waals surface area contributed by atoms with Crippen LogP contribution in [0, 0.1) is 0 Å². The average molecular weight is 309 g/mol. The van der Waals surface area contributed by atoms with Gasteiger partial charge in [-0.3, -0.25) is 4.79 Å². The highest BCUT2D eigenvalue weighted by molar-refractivity contribution is 6.30. The predicted octanol–water partition coefficient (Wildman–Crippen LogP) is 2.57. The molecule has 1 aliphatic heterocycles. The van der Waals surface area contributed by atoms with Crippen molar-refractivity contribution in [2.75, 3.05) is 27.2 Å². The quantitative estimate of drug-likeness (QED) is 0.869. The van der Waals surface area contributed by atoms with Crippen LogP contribution in [0.25, 0.3) is 6.08 Å². The highest BCUT2D eigenvalue weighted by atomic mass is 35.5. The topological polar surface area (TPSA) is 41.6 Å². The lowest BCUT2D eigenvalue weighted by Gasteiger charge is -2.31. The molecule has 0 saturated carbocycles. The predicted molar refractivity (Wildman–Crippen MR) is 85.7 cm³/mol. The Hall–Kier alpha value is -1.52. The summed E-state index contributed by atoms with van der Waals surface area (Å²) >= 11 is 5.98. The number of likely N-dealkylation sites (tertiary alicyclic amines) is 1. The van der Waals surface area contributed by atoms with Gasteiger partial charge in [-0.1, -0.05) is 11.6 Å². The van der Waals surface area contributed by atoms with Gasteiger partial charge in [-0.2, -0.15) is 0 Å². The molecule has 114 valence electrons. The molecule has 21 heavy (non-hydrogen) atoms. The number of carbonyl (C=O) groups is 1.